The molecule has 0 aliphatic carbocycles. The van der Waals surface area contributed by atoms with E-state index in [0.29, 0.717) is 11.6 Å². The largest absolute Gasteiger partial charge is 0.472 e. The highest BCUT2D eigenvalue weighted by atomic mass is 16.6. The normalized spacial score (nSPS) is 22.4. The first-order valence-electron chi connectivity index (χ1n) is 10.8. The molecule has 0 radical (unpaired) electrons. The lowest BCUT2D eigenvalue weighted by molar-refractivity contribution is 0.00446. The van der Waals surface area contributed by atoms with E-state index in [1.165, 1.54) is 12.5 Å². The fourth-order valence-corrected chi connectivity index (χ4v) is 4.33. The standard InChI is InChI=1S/C22H35N3O4/c1-16(19-7-5-6-11-25(19)21(27)29-22(2,3)4)23-18-8-12-24(13-9-18)20(26)17-10-14-28-15-17/h10,14-16,18-19,23H,5-9,11-13H2,1-4H3. The molecule has 3 rings (SSSR count). The van der Waals surface area contributed by atoms with Crippen molar-refractivity contribution in [1.82, 2.24) is 15.1 Å². The highest BCUT2D eigenvalue weighted by Crippen LogP contribution is 2.24. The van der Waals surface area contributed by atoms with Gasteiger partial charge in [0.2, 0.25) is 0 Å². The van der Waals surface area contributed by atoms with Crippen molar-refractivity contribution in [1.29, 1.82) is 0 Å². The Bertz CT molecular complexity index is 675. The maximum Gasteiger partial charge on any atom is 0.410 e. The summed E-state index contributed by atoms with van der Waals surface area (Å²) in [5.74, 6) is 0.0358. The average Bonchev–Trinajstić information content (AvgIpc) is 3.21. The zero-order chi connectivity index (χ0) is 21.0. The van der Waals surface area contributed by atoms with E-state index in [9.17, 15) is 9.59 Å². The van der Waals surface area contributed by atoms with Crippen molar-refractivity contribution in [3.05, 3.63) is 24.2 Å². The SMILES string of the molecule is CC(NC1CCN(C(=O)c2ccoc2)CC1)C1CCCCN1C(=O)OC(C)(C)C. The van der Waals surface area contributed by atoms with Crippen LogP contribution < -0.4 is 5.32 Å². The zero-order valence-electron chi connectivity index (χ0n) is 18.1. The number of amides is 2. The summed E-state index contributed by atoms with van der Waals surface area (Å²) in [6, 6.07) is 2.39. The molecule has 0 saturated carbocycles. The van der Waals surface area contributed by atoms with E-state index in [-0.39, 0.29) is 24.1 Å². The quantitative estimate of drug-likeness (QED) is 0.828. The second-order valence-corrected chi connectivity index (χ2v) is 9.27. The van der Waals surface area contributed by atoms with Crippen molar-refractivity contribution in [3.63, 3.8) is 0 Å². The molecule has 2 saturated heterocycles. The van der Waals surface area contributed by atoms with Gasteiger partial charge in [0.15, 0.2) is 0 Å². The number of piperidine rings is 2. The number of nitrogens with zero attached hydrogens (tertiary/aromatic N) is 2. The lowest BCUT2D eigenvalue weighted by Crippen LogP contribution is -2.57. The van der Waals surface area contributed by atoms with Crippen LogP contribution >= 0.6 is 0 Å². The fraction of sp³-hybridized carbons (Fsp3) is 0.727. The second-order valence-electron chi connectivity index (χ2n) is 9.27. The molecule has 2 amide bonds. The van der Waals surface area contributed by atoms with Crippen LogP contribution in [0.1, 0.15) is 70.2 Å². The number of likely N-dealkylation sites (tertiary alicyclic amines) is 2. The van der Waals surface area contributed by atoms with Gasteiger partial charge in [0, 0.05) is 31.7 Å². The monoisotopic (exact) mass is 405 g/mol. The predicted octanol–water partition coefficient (Wildman–Crippen LogP) is 3.65. The number of ether oxygens (including phenoxy) is 1. The lowest BCUT2D eigenvalue weighted by Gasteiger charge is -2.42. The van der Waals surface area contributed by atoms with E-state index in [4.69, 9.17) is 9.15 Å². The van der Waals surface area contributed by atoms with Gasteiger partial charge in [-0.3, -0.25) is 4.79 Å². The molecule has 1 aromatic rings. The summed E-state index contributed by atoms with van der Waals surface area (Å²) < 4.78 is 10.7. The molecule has 7 nitrogen and oxygen atoms in total. The minimum absolute atomic E-state index is 0.0358. The van der Waals surface area contributed by atoms with E-state index in [1.54, 1.807) is 6.07 Å². The number of hydrogen-bond donors (Lipinski definition) is 1. The zero-order valence-corrected chi connectivity index (χ0v) is 18.1. The first kappa shape index (κ1) is 21.7. The number of furan rings is 1. The molecule has 29 heavy (non-hydrogen) atoms. The van der Waals surface area contributed by atoms with Crippen molar-refractivity contribution in [2.24, 2.45) is 0 Å². The Kier molecular flexibility index (Phi) is 6.88. The third-order valence-electron chi connectivity index (χ3n) is 5.80. The molecule has 1 N–H and O–H groups in total. The summed E-state index contributed by atoms with van der Waals surface area (Å²) in [6.45, 7) is 10.1. The number of carbonyl (C=O) groups is 2. The number of hydrogen-bond acceptors (Lipinski definition) is 5. The Hall–Kier alpha value is -2.02. The Morgan fingerprint density at radius 1 is 1.17 bits per heavy atom. The van der Waals surface area contributed by atoms with E-state index >= 15 is 0 Å². The smallest absolute Gasteiger partial charge is 0.410 e. The van der Waals surface area contributed by atoms with E-state index in [0.717, 1.165) is 51.7 Å². The maximum absolute atomic E-state index is 12.7. The van der Waals surface area contributed by atoms with Crippen LogP contribution in [0.3, 0.4) is 0 Å². The molecule has 162 valence electrons. The molecule has 2 fully saturated rings. The van der Waals surface area contributed by atoms with Crippen LogP contribution in [0.15, 0.2) is 23.0 Å². The van der Waals surface area contributed by atoms with Crippen molar-refractivity contribution < 1.29 is 18.7 Å². The molecule has 3 heterocycles. The van der Waals surface area contributed by atoms with Gasteiger partial charge in [0.05, 0.1) is 17.9 Å². The number of nitrogens with one attached hydrogen (secondary N) is 1. The van der Waals surface area contributed by atoms with E-state index in [1.807, 2.05) is 30.6 Å². The molecular formula is C22H35N3O4. The van der Waals surface area contributed by atoms with Crippen LogP contribution in [0.25, 0.3) is 0 Å². The Morgan fingerprint density at radius 2 is 1.90 bits per heavy atom. The topological polar surface area (TPSA) is 75.0 Å². The second kappa shape index (κ2) is 9.20. The highest BCUT2D eigenvalue weighted by molar-refractivity contribution is 5.93. The third-order valence-corrected chi connectivity index (χ3v) is 5.80. The molecule has 1 aromatic heterocycles. The van der Waals surface area contributed by atoms with Crippen LogP contribution in [-0.4, -0.2) is 65.2 Å². The Morgan fingerprint density at radius 3 is 2.52 bits per heavy atom. The molecule has 0 bridgehead atoms. The van der Waals surface area contributed by atoms with Gasteiger partial charge in [-0.25, -0.2) is 4.79 Å². The molecule has 0 spiro atoms. The van der Waals surface area contributed by atoms with Crippen molar-refractivity contribution in [2.45, 2.75) is 83.5 Å². The molecule has 2 aliphatic rings. The van der Waals surface area contributed by atoms with Gasteiger partial charge >= 0.3 is 6.09 Å². The molecule has 2 atom stereocenters. The van der Waals surface area contributed by atoms with Gasteiger partial charge in [-0.2, -0.15) is 0 Å². The third kappa shape index (κ3) is 5.75. The van der Waals surface area contributed by atoms with Crippen molar-refractivity contribution in [3.8, 4) is 0 Å². The van der Waals surface area contributed by atoms with Crippen LogP contribution in [0.2, 0.25) is 0 Å². The van der Waals surface area contributed by atoms with Gasteiger partial charge in [0.1, 0.15) is 11.9 Å². The Balaban J connectivity index is 1.52. The summed E-state index contributed by atoms with van der Waals surface area (Å²) in [4.78, 5) is 28.9. The van der Waals surface area contributed by atoms with E-state index < -0.39 is 5.60 Å². The van der Waals surface area contributed by atoms with Crippen LogP contribution in [0.5, 0.6) is 0 Å². The molecule has 2 aliphatic heterocycles. The first-order chi connectivity index (χ1) is 13.7. The molecular weight excluding hydrogens is 370 g/mol. The molecule has 7 heteroatoms. The summed E-state index contributed by atoms with van der Waals surface area (Å²) in [5.41, 5.74) is 0.129. The van der Waals surface area contributed by atoms with Crippen LogP contribution in [-0.2, 0) is 4.74 Å². The maximum atomic E-state index is 12.7. The van der Waals surface area contributed by atoms with Gasteiger partial charge < -0.3 is 24.3 Å². The highest BCUT2D eigenvalue weighted by Gasteiger charge is 2.35. The summed E-state index contributed by atoms with van der Waals surface area (Å²) in [6.07, 6.45) is 7.79. The number of rotatable bonds is 4. The van der Waals surface area contributed by atoms with E-state index in [2.05, 4.69) is 12.2 Å². The summed E-state index contributed by atoms with van der Waals surface area (Å²) in [7, 11) is 0. The molecule has 0 aromatic carbocycles. The fourth-order valence-electron chi connectivity index (χ4n) is 4.33. The van der Waals surface area contributed by atoms with Crippen LogP contribution in [0, 0.1) is 0 Å². The van der Waals surface area contributed by atoms with Crippen molar-refractivity contribution in [2.75, 3.05) is 19.6 Å². The Labute approximate surface area is 173 Å². The summed E-state index contributed by atoms with van der Waals surface area (Å²) >= 11 is 0. The van der Waals surface area contributed by atoms with Crippen LogP contribution in [0.4, 0.5) is 4.79 Å². The average molecular weight is 406 g/mol. The van der Waals surface area contributed by atoms with Gasteiger partial charge in [-0.05, 0) is 65.9 Å². The van der Waals surface area contributed by atoms with Crippen molar-refractivity contribution >= 4 is 12.0 Å². The minimum Gasteiger partial charge on any atom is -0.472 e. The minimum atomic E-state index is -0.482. The van der Waals surface area contributed by atoms with Gasteiger partial charge in [-0.15, -0.1) is 0 Å². The van der Waals surface area contributed by atoms with Gasteiger partial charge in [-0.1, -0.05) is 0 Å². The summed E-state index contributed by atoms with van der Waals surface area (Å²) in [5, 5.41) is 3.72. The van der Waals surface area contributed by atoms with Gasteiger partial charge in [0.25, 0.3) is 5.91 Å². The first-order valence-corrected chi connectivity index (χ1v) is 10.8. The number of carbonyl (C=O) groups excluding carboxylic acids is 2. The predicted molar refractivity (Wildman–Crippen MR) is 111 cm³/mol. The molecule has 2 unspecified atom stereocenters. The lowest BCUT2D eigenvalue weighted by atomic mass is 9.95.